The second-order valence-electron chi connectivity index (χ2n) is 14.4. The first-order valence-electron chi connectivity index (χ1n) is 16.7. The van der Waals surface area contributed by atoms with Crippen LogP contribution < -0.4 is 20.7 Å². The lowest BCUT2D eigenvalue weighted by molar-refractivity contribution is -0.124. The number of nitrogens with one attached hydrogen (secondary N) is 3. The predicted octanol–water partition coefficient (Wildman–Crippen LogP) is 8.45. The number of fused-ring (bicyclic) bond motifs is 3. The van der Waals surface area contributed by atoms with Crippen LogP contribution in [0.15, 0.2) is 91.0 Å². The van der Waals surface area contributed by atoms with Crippen LogP contribution in [-0.4, -0.2) is 41.8 Å². The van der Waals surface area contributed by atoms with Gasteiger partial charge in [0.2, 0.25) is 5.91 Å². The molecule has 0 saturated carbocycles. The predicted molar refractivity (Wildman–Crippen MR) is 195 cm³/mol. The van der Waals surface area contributed by atoms with Gasteiger partial charge in [0.25, 0.3) is 0 Å². The molecule has 1 atom stereocenters. The van der Waals surface area contributed by atoms with Gasteiger partial charge in [-0.15, -0.1) is 0 Å². The summed E-state index contributed by atoms with van der Waals surface area (Å²) in [6, 6.07) is 28.3. The molecule has 4 aromatic carbocycles. The van der Waals surface area contributed by atoms with E-state index in [2.05, 4.69) is 67.9 Å². The van der Waals surface area contributed by atoms with Crippen molar-refractivity contribution in [3.63, 3.8) is 0 Å². The lowest BCUT2D eigenvalue weighted by Crippen LogP contribution is -2.63. The normalized spacial score (nSPS) is 17.0. The molecule has 2 aliphatic rings. The summed E-state index contributed by atoms with van der Waals surface area (Å²) in [5, 5.41) is 10.9. The van der Waals surface area contributed by atoms with E-state index in [1.807, 2.05) is 48.5 Å². The summed E-state index contributed by atoms with van der Waals surface area (Å²) in [6.07, 6.45) is 1.16. The Labute approximate surface area is 298 Å². The van der Waals surface area contributed by atoms with E-state index < -0.39 is 12.1 Å². The molecule has 0 aromatic heterocycles. The number of hydrogen-bond donors (Lipinski definition) is 3. The fraction of sp³-hybridized carbons (Fsp3) is 0.350. The number of rotatable bonds is 10. The first-order valence-corrected chi connectivity index (χ1v) is 17.5. The van der Waals surface area contributed by atoms with Gasteiger partial charge in [0.15, 0.2) is 0 Å². The zero-order chi connectivity index (χ0) is 34.8. The third-order valence-electron chi connectivity index (χ3n) is 9.30. The summed E-state index contributed by atoms with van der Waals surface area (Å²) in [7, 11) is 0. The Morgan fingerprint density at radius 1 is 0.816 bits per heavy atom. The van der Waals surface area contributed by atoms with Crippen LogP contribution in [0, 0.1) is 0 Å². The molecule has 1 aliphatic heterocycles. The molecule has 1 heterocycles. The van der Waals surface area contributed by atoms with E-state index in [-0.39, 0.29) is 48.6 Å². The number of piperidine rings is 1. The van der Waals surface area contributed by atoms with Crippen molar-refractivity contribution in [3.8, 4) is 16.9 Å². The molecule has 7 nitrogen and oxygen atoms in total. The number of hydrogen-bond acceptors (Lipinski definition) is 5. The van der Waals surface area contributed by atoms with E-state index >= 15 is 0 Å². The highest BCUT2D eigenvalue weighted by Gasteiger charge is 2.39. The van der Waals surface area contributed by atoms with Gasteiger partial charge >= 0.3 is 6.09 Å². The largest absolute Gasteiger partial charge is 0.489 e. The van der Waals surface area contributed by atoms with Gasteiger partial charge in [-0.05, 0) is 92.6 Å². The maximum atomic E-state index is 13.9. The highest BCUT2D eigenvalue weighted by molar-refractivity contribution is 6.35. The van der Waals surface area contributed by atoms with Crippen LogP contribution in [0.5, 0.6) is 5.75 Å². The van der Waals surface area contributed by atoms with Gasteiger partial charge in [-0.25, -0.2) is 4.79 Å². The van der Waals surface area contributed by atoms with Crippen molar-refractivity contribution in [2.24, 2.45) is 0 Å². The maximum Gasteiger partial charge on any atom is 0.407 e. The summed E-state index contributed by atoms with van der Waals surface area (Å²) >= 11 is 12.6. The minimum atomic E-state index is -0.856. The zero-order valence-electron chi connectivity index (χ0n) is 28.3. The first kappa shape index (κ1) is 34.8. The van der Waals surface area contributed by atoms with Crippen LogP contribution in [0.2, 0.25) is 10.0 Å². The molecule has 3 N–H and O–H groups in total. The van der Waals surface area contributed by atoms with Crippen LogP contribution in [0.4, 0.5) is 4.79 Å². The quantitative estimate of drug-likeness (QED) is 0.155. The smallest absolute Gasteiger partial charge is 0.407 e. The van der Waals surface area contributed by atoms with Gasteiger partial charge in [0.1, 0.15) is 25.0 Å². The fourth-order valence-corrected chi connectivity index (χ4v) is 8.01. The number of alkyl carbamates (subject to hydrolysis) is 1. The number of halogens is 2. The Kier molecular flexibility index (Phi) is 10.3. The van der Waals surface area contributed by atoms with E-state index in [1.165, 1.54) is 0 Å². The highest BCUT2D eigenvalue weighted by Crippen LogP contribution is 2.44. The monoisotopic (exact) mass is 699 g/mol. The third-order valence-corrected chi connectivity index (χ3v) is 10.0. The SMILES string of the molecule is CC1(C)CC(NC(=O)[C@H](Cc2ccc(OCc3c(Cl)cccc3Cl)cc2)NC(=O)OCC2c3ccccc3-c3ccccc32)CC(C)(C)N1. The maximum absolute atomic E-state index is 13.9. The van der Waals surface area contributed by atoms with E-state index in [0.29, 0.717) is 21.4 Å². The van der Waals surface area contributed by atoms with Gasteiger partial charge < -0.3 is 25.4 Å². The average molecular weight is 701 g/mol. The summed E-state index contributed by atoms with van der Waals surface area (Å²) in [4.78, 5) is 27.3. The van der Waals surface area contributed by atoms with E-state index in [9.17, 15) is 9.59 Å². The van der Waals surface area contributed by atoms with Crippen LogP contribution in [0.25, 0.3) is 11.1 Å². The van der Waals surface area contributed by atoms with E-state index in [0.717, 1.165) is 40.7 Å². The first-order chi connectivity index (χ1) is 23.4. The van der Waals surface area contributed by atoms with Crippen molar-refractivity contribution >= 4 is 35.2 Å². The molecule has 0 bridgehead atoms. The van der Waals surface area contributed by atoms with Gasteiger partial charge in [-0.1, -0.05) is 89.9 Å². The Morgan fingerprint density at radius 3 is 1.98 bits per heavy atom. The Morgan fingerprint density at radius 2 is 1.39 bits per heavy atom. The Balaban J connectivity index is 1.15. The molecule has 0 spiro atoms. The molecule has 2 amide bonds. The second kappa shape index (κ2) is 14.4. The lowest BCUT2D eigenvalue weighted by atomic mass is 9.79. The molecule has 1 saturated heterocycles. The number of carbonyl (C=O) groups is 2. The van der Waals surface area contributed by atoms with Gasteiger partial charge in [0.05, 0.1) is 0 Å². The molecule has 1 aliphatic carbocycles. The molecule has 256 valence electrons. The third kappa shape index (κ3) is 8.41. The number of carbonyl (C=O) groups excluding carboxylic acids is 2. The molecule has 1 fully saturated rings. The second-order valence-corrected chi connectivity index (χ2v) is 15.2. The van der Waals surface area contributed by atoms with Gasteiger partial charge in [0, 0.05) is 45.1 Å². The summed E-state index contributed by atoms with van der Waals surface area (Å²) < 4.78 is 11.8. The number of ether oxygens (including phenoxy) is 2. The van der Waals surface area contributed by atoms with Crippen molar-refractivity contribution in [2.75, 3.05) is 6.61 Å². The van der Waals surface area contributed by atoms with Gasteiger partial charge in [-0.2, -0.15) is 0 Å². The van der Waals surface area contributed by atoms with E-state index in [1.54, 1.807) is 18.2 Å². The fourth-order valence-electron chi connectivity index (χ4n) is 7.50. The molecule has 0 unspecified atom stereocenters. The van der Waals surface area contributed by atoms with Crippen molar-refractivity contribution in [3.05, 3.63) is 123 Å². The van der Waals surface area contributed by atoms with Crippen LogP contribution in [-0.2, 0) is 22.6 Å². The van der Waals surface area contributed by atoms with E-state index in [4.69, 9.17) is 32.7 Å². The number of benzene rings is 4. The standard InChI is InChI=1S/C40H43Cl2N3O4/c1-39(2)21-26(22-40(3,4)45-39)43-37(46)36(20-25-16-18-27(19-17-25)48-24-33-34(41)14-9-15-35(33)42)44-38(47)49-23-32-30-12-7-5-10-28(30)29-11-6-8-13-31(29)32/h5-19,26,32,36,45H,20-24H2,1-4H3,(H,43,46)(H,44,47)/t36-/m0/s1. The van der Waals surface area contributed by atoms with Crippen LogP contribution in [0.3, 0.4) is 0 Å². The highest BCUT2D eigenvalue weighted by atomic mass is 35.5. The summed E-state index contributed by atoms with van der Waals surface area (Å²) in [6.45, 7) is 8.94. The van der Waals surface area contributed by atoms with Crippen LogP contribution >= 0.6 is 23.2 Å². The zero-order valence-corrected chi connectivity index (χ0v) is 29.8. The van der Waals surface area contributed by atoms with Crippen molar-refractivity contribution < 1.29 is 19.1 Å². The Bertz CT molecular complexity index is 1740. The number of amides is 2. The molecule has 0 radical (unpaired) electrons. The molecule has 4 aromatic rings. The molecule has 49 heavy (non-hydrogen) atoms. The Hall–Kier alpha value is -4.04. The molecule has 6 rings (SSSR count). The van der Waals surface area contributed by atoms with Crippen molar-refractivity contribution in [1.82, 2.24) is 16.0 Å². The molecular weight excluding hydrogens is 657 g/mol. The molecular formula is C40H43Cl2N3O4. The summed E-state index contributed by atoms with van der Waals surface area (Å²) in [5.74, 6) is 0.294. The minimum absolute atomic E-state index is 0.0574. The minimum Gasteiger partial charge on any atom is -0.489 e. The van der Waals surface area contributed by atoms with Crippen LogP contribution in [0.1, 0.15) is 68.7 Å². The van der Waals surface area contributed by atoms with Crippen molar-refractivity contribution in [2.45, 2.75) is 82.6 Å². The molecule has 9 heteroatoms. The topological polar surface area (TPSA) is 88.7 Å². The van der Waals surface area contributed by atoms with Crippen molar-refractivity contribution in [1.29, 1.82) is 0 Å². The lowest BCUT2D eigenvalue weighted by Gasteiger charge is -2.46. The average Bonchev–Trinajstić information content (AvgIpc) is 3.36. The summed E-state index contributed by atoms with van der Waals surface area (Å²) in [5.41, 5.74) is 5.82. The van der Waals surface area contributed by atoms with Gasteiger partial charge in [-0.3, -0.25) is 4.79 Å².